The first kappa shape index (κ1) is 17.5. The topological polar surface area (TPSA) is 78.7 Å². The first-order valence-corrected chi connectivity index (χ1v) is 9.77. The zero-order valence-corrected chi connectivity index (χ0v) is 15.4. The molecule has 1 amide bonds. The van der Waals surface area contributed by atoms with Crippen molar-refractivity contribution in [2.45, 2.75) is 58.2 Å². The fourth-order valence-electron chi connectivity index (χ4n) is 4.67. The summed E-state index contributed by atoms with van der Waals surface area (Å²) in [5, 5.41) is 9.74. The number of imidazole rings is 1. The Morgan fingerprint density at radius 1 is 1.31 bits per heavy atom. The van der Waals surface area contributed by atoms with Crippen LogP contribution in [0, 0.1) is 11.3 Å². The number of carboxylic acids is 1. The summed E-state index contributed by atoms with van der Waals surface area (Å²) in [6.45, 7) is 5.82. The van der Waals surface area contributed by atoms with Crippen molar-refractivity contribution >= 4 is 11.9 Å². The molecule has 1 aromatic rings. The Morgan fingerprint density at radius 3 is 2.65 bits per heavy atom. The third-order valence-electron chi connectivity index (χ3n) is 6.44. The largest absolute Gasteiger partial charge is 0.480 e. The Labute approximate surface area is 154 Å². The van der Waals surface area contributed by atoms with Crippen molar-refractivity contribution in [3.05, 3.63) is 18.2 Å². The molecule has 0 bridgehead atoms. The summed E-state index contributed by atoms with van der Waals surface area (Å²) < 4.78 is 2.07. The van der Waals surface area contributed by atoms with Crippen molar-refractivity contribution in [3.8, 4) is 0 Å². The highest BCUT2D eigenvalue weighted by Crippen LogP contribution is 2.44. The number of carboxylic acid groups (broad SMARTS) is 1. The first-order valence-electron chi connectivity index (χ1n) is 9.77. The molecule has 2 saturated heterocycles. The minimum atomic E-state index is -0.743. The highest BCUT2D eigenvalue weighted by Gasteiger charge is 2.49. The fourth-order valence-corrected chi connectivity index (χ4v) is 4.67. The number of hydrogen-bond acceptors (Lipinski definition) is 4. The van der Waals surface area contributed by atoms with E-state index in [9.17, 15) is 14.7 Å². The normalized spacial score (nSPS) is 25.7. The van der Waals surface area contributed by atoms with Gasteiger partial charge in [0.2, 0.25) is 5.91 Å². The molecule has 142 valence electrons. The summed E-state index contributed by atoms with van der Waals surface area (Å²) in [6, 6.07) is -0.456. The first-order chi connectivity index (χ1) is 12.5. The molecule has 0 aromatic carbocycles. The summed E-state index contributed by atoms with van der Waals surface area (Å²) in [4.78, 5) is 32.6. The van der Waals surface area contributed by atoms with Crippen LogP contribution in [0.4, 0.5) is 0 Å². The molecular formula is C19H28N4O3. The number of aliphatic carboxylic acids is 1. The Bertz CT molecular complexity index is 689. The summed E-state index contributed by atoms with van der Waals surface area (Å²) in [7, 11) is 0. The van der Waals surface area contributed by atoms with Gasteiger partial charge in [0.1, 0.15) is 11.9 Å². The Kier molecular flexibility index (Phi) is 4.50. The second-order valence-corrected chi connectivity index (χ2v) is 8.19. The van der Waals surface area contributed by atoms with Gasteiger partial charge < -0.3 is 14.6 Å². The second-order valence-electron chi connectivity index (χ2n) is 8.19. The number of hydrogen-bond donors (Lipinski definition) is 1. The third-order valence-corrected chi connectivity index (χ3v) is 6.44. The van der Waals surface area contributed by atoms with E-state index in [1.165, 1.54) is 0 Å². The molecule has 1 N–H and O–H groups in total. The maximum absolute atomic E-state index is 12.3. The van der Waals surface area contributed by atoms with Crippen molar-refractivity contribution in [1.82, 2.24) is 19.4 Å². The number of carbonyl (C=O) groups excluding carboxylic acids is 1. The van der Waals surface area contributed by atoms with E-state index in [4.69, 9.17) is 0 Å². The Hall–Kier alpha value is -1.89. The van der Waals surface area contributed by atoms with Crippen LogP contribution in [0.1, 0.15) is 44.9 Å². The maximum atomic E-state index is 12.3. The van der Waals surface area contributed by atoms with E-state index in [1.54, 1.807) is 6.20 Å². The molecule has 1 saturated carbocycles. The van der Waals surface area contributed by atoms with Crippen molar-refractivity contribution in [3.63, 3.8) is 0 Å². The van der Waals surface area contributed by atoms with Gasteiger partial charge in [0.05, 0.1) is 6.54 Å². The molecule has 7 nitrogen and oxygen atoms in total. The lowest BCUT2D eigenvalue weighted by Crippen LogP contribution is -2.44. The highest BCUT2D eigenvalue weighted by atomic mass is 16.4. The van der Waals surface area contributed by atoms with Crippen LogP contribution < -0.4 is 0 Å². The molecule has 7 heteroatoms. The maximum Gasteiger partial charge on any atom is 0.320 e. The molecule has 3 fully saturated rings. The van der Waals surface area contributed by atoms with E-state index in [1.807, 2.05) is 11.1 Å². The lowest BCUT2D eigenvalue weighted by Gasteiger charge is -2.39. The average molecular weight is 360 g/mol. The smallest absolute Gasteiger partial charge is 0.320 e. The summed E-state index contributed by atoms with van der Waals surface area (Å²) >= 11 is 0. The van der Waals surface area contributed by atoms with E-state index in [0.717, 1.165) is 57.7 Å². The monoisotopic (exact) mass is 360 g/mol. The summed E-state index contributed by atoms with van der Waals surface area (Å²) in [6.07, 6.45) is 8.31. The molecule has 0 radical (unpaired) electrons. The molecular weight excluding hydrogens is 332 g/mol. The lowest BCUT2D eigenvalue weighted by atomic mass is 9.76. The SMILES string of the molecule is CCn1ccnc1CN1CC2(CCN(C(=O)C3CC3)CC2)C[C@@H]1C(=O)O. The van der Waals surface area contributed by atoms with Crippen molar-refractivity contribution in [1.29, 1.82) is 0 Å². The van der Waals surface area contributed by atoms with Crippen molar-refractivity contribution in [2.24, 2.45) is 11.3 Å². The number of piperidine rings is 1. The molecule has 1 aromatic heterocycles. The van der Waals surface area contributed by atoms with Gasteiger partial charge in [-0.15, -0.1) is 0 Å². The van der Waals surface area contributed by atoms with Crippen LogP contribution in [-0.2, 0) is 22.7 Å². The van der Waals surface area contributed by atoms with Gasteiger partial charge in [0.25, 0.3) is 0 Å². The van der Waals surface area contributed by atoms with Crippen molar-refractivity contribution in [2.75, 3.05) is 19.6 Å². The van der Waals surface area contributed by atoms with Gasteiger partial charge in [-0.3, -0.25) is 14.5 Å². The summed E-state index contributed by atoms with van der Waals surface area (Å²) in [5.41, 5.74) is 0.0209. The van der Waals surface area contributed by atoms with Crippen molar-refractivity contribution < 1.29 is 14.7 Å². The fraction of sp³-hybridized carbons (Fsp3) is 0.737. The van der Waals surface area contributed by atoms with Crippen LogP contribution in [0.15, 0.2) is 12.4 Å². The van der Waals surface area contributed by atoms with Gasteiger partial charge in [0.15, 0.2) is 0 Å². The standard InChI is InChI=1S/C19H28N4O3/c1-2-21-10-7-20-16(21)12-23-13-19(11-15(23)18(25)26)5-8-22(9-6-19)17(24)14-3-4-14/h7,10,14-15H,2-6,8-9,11-13H2,1H3,(H,25,26)/t15-/m1/s1. The molecule has 0 unspecified atom stereocenters. The van der Waals surface area contributed by atoms with Gasteiger partial charge in [-0.05, 0) is 44.4 Å². The average Bonchev–Trinajstić information content (AvgIpc) is 3.29. The molecule has 1 spiro atoms. The summed E-state index contributed by atoms with van der Waals surface area (Å²) in [5.74, 6) is 0.767. The molecule has 2 aliphatic heterocycles. The van der Waals surface area contributed by atoms with Crippen LogP contribution in [0.2, 0.25) is 0 Å². The van der Waals surface area contributed by atoms with Gasteiger partial charge in [-0.25, -0.2) is 4.98 Å². The quantitative estimate of drug-likeness (QED) is 0.862. The zero-order chi connectivity index (χ0) is 18.3. The van der Waals surface area contributed by atoms with Gasteiger partial charge in [0, 0.05) is 44.5 Å². The molecule has 26 heavy (non-hydrogen) atoms. The van der Waals surface area contributed by atoms with Crippen LogP contribution in [0.25, 0.3) is 0 Å². The van der Waals surface area contributed by atoms with Crippen LogP contribution in [0.5, 0.6) is 0 Å². The van der Waals surface area contributed by atoms with E-state index < -0.39 is 12.0 Å². The zero-order valence-electron chi connectivity index (χ0n) is 15.4. The number of rotatable bonds is 5. The molecule has 3 heterocycles. The van der Waals surface area contributed by atoms with Gasteiger partial charge >= 0.3 is 5.97 Å². The van der Waals surface area contributed by atoms with E-state index in [0.29, 0.717) is 18.9 Å². The number of carbonyl (C=O) groups is 2. The molecule has 3 aliphatic rings. The number of aromatic nitrogens is 2. The van der Waals surface area contributed by atoms with Gasteiger partial charge in [-0.2, -0.15) is 0 Å². The van der Waals surface area contributed by atoms with E-state index in [-0.39, 0.29) is 11.3 Å². The Morgan fingerprint density at radius 2 is 2.04 bits per heavy atom. The van der Waals surface area contributed by atoms with Crippen LogP contribution >= 0.6 is 0 Å². The second kappa shape index (κ2) is 6.68. The highest BCUT2D eigenvalue weighted by molar-refractivity contribution is 5.81. The predicted octanol–water partition coefficient (Wildman–Crippen LogP) is 1.58. The van der Waals surface area contributed by atoms with Crippen LogP contribution in [0.3, 0.4) is 0 Å². The lowest BCUT2D eigenvalue weighted by molar-refractivity contribution is -0.142. The van der Waals surface area contributed by atoms with Gasteiger partial charge in [-0.1, -0.05) is 0 Å². The van der Waals surface area contributed by atoms with E-state index >= 15 is 0 Å². The van der Waals surface area contributed by atoms with Crippen LogP contribution in [-0.4, -0.2) is 62.0 Å². The number of nitrogens with zero attached hydrogens (tertiary/aromatic N) is 4. The van der Waals surface area contributed by atoms with E-state index in [2.05, 4.69) is 21.4 Å². The number of amides is 1. The number of aryl methyl sites for hydroxylation is 1. The molecule has 1 aliphatic carbocycles. The third kappa shape index (κ3) is 3.24. The Balaban J connectivity index is 1.44. The molecule has 4 rings (SSSR count). The number of likely N-dealkylation sites (tertiary alicyclic amines) is 2. The minimum absolute atomic E-state index is 0.0209. The molecule has 1 atom stereocenters. The predicted molar refractivity (Wildman–Crippen MR) is 95.3 cm³/mol. The minimum Gasteiger partial charge on any atom is -0.480 e.